The number of rotatable bonds is 3. The molecule has 0 aliphatic rings. The van der Waals surface area contributed by atoms with Crippen molar-refractivity contribution in [3.8, 4) is 11.1 Å². The third kappa shape index (κ3) is 2.23. The van der Waals surface area contributed by atoms with Crippen molar-refractivity contribution in [1.82, 2.24) is 0 Å². The zero-order chi connectivity index (χ0) is 13.3. The molecule has 1 aromatic carbocycles. The fourth-order valence-electron chi connectivity index (χ4n) is 1.63. The molecule has 0 fully saturated rings. The Morgan fingerprint density at radius 2 is 2.06 bits per heavy atom. The number of benzene rings is 1. The van der Waals surface area contributed by atoms with Crippen molar-refractivity contribution in [2.45, 2.75) is 0 Å². The molecule has 0 saturated heterocycles. The first-order valence-electron chi connectivity index (χ1n) is 4.92. The maximum atomic E-state index is 11.3. The predicted octanol–water partition coefficient (Wildman–Crippen LogP) is 3.05. The second kappa shape index (κ2) is 4.80. The summed E-state index contributed by atoms with van der Waals surface area (Å²) in [6.07, 6.45) is 0. The van der Waals surface area contributed by atoms with Gasteiger partial charge in [-0.2, -0.15) is 0 Å². The molecule has 2 rings (SSSR count). The number of amides is 1. The van der Waals surface area contributed by atoms with E-state index in [1.54, 1.807) is 6.07 Å². The van der Waals surface area contributed by atoms with Crippen molar-refractivity contribution in [1.29, 1.82) is 0 Å². The van der Waals surface area contributed by atoms with Gasteiger partial charge in [0.2, 0.25) is 0 Å². The first-order valence-corrected chi connectivity index (χ1v) is 6.37. The highest BCUT2D eigenvalue weighted by molar-refractivity contribution is 7.32. The summed E-state index contributed by atoms with van der Waals surface area (Å²) in [5.74, 6) is 1.33. The zero-order valence-electron chi connectivity index (χ0n) is 9.01. The molecular formula is C11H8ClN2O3P. The molecule has 0 radical (unpaired) electrons. The van der Waals surface area contributed by atoms with Crippen molar-refractivity contribution in [3.63, 3.8) is 0 Å². The molecule has 5 nitrogen and oxygen atoms in total. The first-order chi connectivity index (χ1) is 8.50. The van der Waals surface area contributed by atoms with Crippen molar-refractivity contribution < 1.29 is 9.72 Å². The molecule has 1 unspecified atom stereocenters. The van der Waals surface area contributed by atoms with Crippen LogP contribution in [0.4, 0.5) is 5.69 Å². The minimum Gasteiger partial charge on any atom is -0.365 e. The monoisotopic (exact) mass is 282 g/mol. The van der Waals surface area contributed by atoms with Gasteiger partial charge in [-0.1, -0.05) is 11.6 Å². The van der Waals surface area contributed by atoms with Crippen LogP contribution in [0, 0.1) is 10.1 Å². The van der Waals surface area contributed by atoms with Crippen LogP contribution in [0.1, 0.15) is 10.1 Å². The summed E-state index contributed by atoms with van der Waals surface area (Å²) in [7, 11) is 0.207. The maximum absolute atomic E-state index is 11.3. The summed E-state index contributed by atoms with van der Waals surface area (Å²) in [6.45, 7) is 0. The number of primary amides is 1. The highest BCUT2D eigenvalue weighted by atomic mass is 35.5. The van der Waals surface area contributed by atoms with Crippen LogP contribution in [0.3, 0.4) is 0 Å². The summed E-state index contributed by atoms with van der Waals surface area (Å²) >= 11 is 6.00. The number of nitrogens with two attached hydrogens (primary N) is 1. The quantitative estimate of drug-likeness (QED) is 0.693. The van der Waals surface area contributed by atoms with Gasteiger partial charge in [0.1, 0.15) is 0 Å². The smallest absolute Gasteiger partial charge is 0.270 e. The molecule has 1 amide bonds. The number of nitrogens with zero attached hydrogens (tertiary/aromatic N) is 1. The maximum Gasteiger partial charge on any atom is 0.270 e. The molecule has 0 spiro atoms. The average Bonchev–Trinajstić information content (AvgIpc) is 2.77. The normalized spacial score (nSPS) is 10.7. The van der Waals surface area contributed by atoms with E-state index in [0.29, 0.717) is 16.4 Å². The lowest BCUT2D eigenvalue weighted by Crippen LogP contribution is -2.09. The largest absolute Gasteiger partial charge is 0.365 e. The van der Waals surface area contributed by atoms with E-state index in [4.69, 9.17) is 17.3 Å². The van der Waals surface area contributed by atoms with Crippen LogP contribution in [-0.2, 0) is 0 Å². The lowest BCUT2D eigenvalue weighted by molar-refractivity contribution is -0.384. The molecule has 7 heteroatoms. The minimum absolute atomic E-state index is 0.0885. The van der Waals surface area contributed by atoms with Gasteiger partial charge in [0.25, 0.3) is 11.6 Å². The van der Waals surface area contributed by atoms with Gasteiger partial charge in [0, 0.05) is 17.7 Å². The number of hydrogen-bond donors (Lipinski definition) is 1. The van der Waals surface area contributed by atoms with Crippen LogP contribution < -0.4 is 5.73 Å². The first kappa shape index (κ1) is 12.6. The summed E-state index contributed by atoms with van der Waals surface area (Å²) in [6, 6.07) is 5.89. The number of non-ortho nitro benzene ring substituents is 1. The molecule has 0 saturated carbocycles. The van der Waals surface area contributed by atoms with Gasteiger partial charge in [0.15, 0.2) is 0 Å². The highest BCUT2D eigenvalue weighted by Crippen LogP contribution is 2.36. The number of carbonyl (C=O) groups excluding carboxylic acids is 1. The van der Waals surface area contributed by atoms with Gasteiger partial charge in [-0.3, -0.25) is 14.9 Å². The molecule has 1 aromatic heterocycles. The van der Waals surface area contributed by atoms with Crippen molar-refractivity contribution >= 4 is 31.4 Å². The third-order valence-corrected chi connectivity index (χ3v) is 3.90. The molecule has 92 valence electrons. The van der Waals surface area contributed by atoms with Gasteiger partial charge in [-0.15, -0.1) is 8.19 Å². The molecule has 0 aliphatic carbocycles. The summed E-state index contributed by atoms with van der Waals surface area (Å²) in [5, 5.41) is 11.3. The Hall–Kier alpha value is -1.84. The second-order valence-corrected chi connectivity index (χ2v) is 5.08. The third-order valence-electron chi connectivity index (χ3n) is 2.45. The molecule has 1 heterocycles. The predicted molar refractivity (Wildman–Crippen MR) is 71.6 cm³/mol. The van der Waals surface area contributed by atoms with Crippen LogP contribution in [0.2, 0.25) is 5.02 Å². The van der Waals surface area contributed by atoms with Crippen molar-refractivity contribution in [2.75, 3.05) is 0 Å². The molecule has 2 aromatic rings. The lowest BCUT2D eigenvalue weighted by Gasteiger charge is -2.04. The summed E-state index contributed by atoms with van der Waals surface area (Å²) in [4.78, 5) is 21.3. The average molecular weight is 283 g/mol. The van der Waals surface area contributed by atoms with E-state index in [9.17, 15) is 14.9 Å². The Bertz CT molecular complexity index is 639. The molecular weight excluding hydrogens is 275 g/mol. The molecule has 18 heavy (non-hydrogen) atoms. The van der Waals surface area contributed by atoms with Gasteiger partial charge in [0.05, 0.1) is 15.2 Å². The number of hydrogen-bond acceptors (Lipinski definition) is 3. The van der Waals surface area contributed by atoms with E-state index in [0.717, 1.165) is 0 Å². The van der Waals surface area contributed by atoms with E-state index in [-0.39, 0.29) is 18.9 Å². The van der Waals surface area contributed by atoms with Gasteiger partial charge in [-0.25, -0.2) is 0 Å². The van der Waals surface area contributed by atoms with Gasteiger partial charge >= 0.3 is 0 Å². The second-order valence-electron chi connectivity index (χ2n) is 3.55. The molecule has 2 N–H and O–H groups in total. The van der Waals surface area contributed by atoms with E-state index in [1.807, 2.05) is 5.80 Å². The Balaban J connectivity index is 2.55. The topological polar surface area (TPSA) is 86.2 Å². The van der Waals surface area contributed by atoms with Gasteiger partial charge in [-0.05, 0) is 23.5 Å². The number of nitro groups is 1. The standard InChI is InChI=1S/C11H8ClN2O3P/c12-9-5-6(14(16)17)1-2-7(9)8-3-4-18-10(8)11(13)15/h1-5,18H,(H2,13,15). The van der Waals surface area contributed by atoms with E-state index in [2.05, 4.69) is 0 Å². The Kier molecular flexibility index (Phi) is 3.36. The van der Waals surface area contributed by atoms with Gasteiger partial charge < -0.3 is 5.73 Å². The van der Waals surface area contributed by atoms with E-state index >= 15 is 0 Å². The van der Waals surface area contributed by atoms with Crippen LogP contribution in [0.5, 0.6) is 0 Å². The Labute approximate surface area is 109 Å². The van der Waals surface area contributed by atoms with Crippen LogP contribution in [0.15, 0.2) is 30.1 Å². The fourth-order valence-corrected chi connectivity index (χ4v) is 2.84. The highest BCUT2D eigenvalue weighted by Gasteiger charge is 2.15. The molecule has 0 bridgehead atoms. The molecule has 0 aliphatic heterocycles. The number of nitro benzene ring substituents is 1. The fraction of sp³-hybridized carbons (Fsp3) is 0. The van der Waals surface area contributed by atoms with E-state index < -0.39 is 10.8 Å². The van der Waals surface area contributed by atoms with Crippen LogP contribution in [0.25, 0.3) is 11.1 Å². The Morgan fingerprint density at radius 3 is 2.61 bits per heavy atom. The van der Waals surface area contributed by atoms with Crippen molar-refractivity contribution in [2.24, 2.45) is 5.73 Å². The van der Waals surface area contributed by atoms with Crippen LogP contribution >= 0.6 is 19.8 Å². The van der Waals surface area contributed by atoms with Crippen LogP contribution in [-0.4, -0.2) is 10.8 Å². The minimum atomic E-state index is -0.523. The summed E-state index contributed by atoms with van der Waals surface area (Å²) in [5.41, 5.74) is 6.40. The number of halogens is 1. The van der Waals surface area contributed by atoms with E-state index in [1.165, 1.54) is 18.2 Å². The number of carbonyl (C=O) groups is 1. The Morgan fingerprint density at radius 1 is 1.33 bits per heavy atom. The SMILES string of the molecule is NC(=O)c1[pH]ccc1-c1ccc([N+](=O)[O-])cc1Cl. The molecule has 1 atom stereocenters. The lowest BCUT2D eigenvalue weighted by atomic mass is 10.1. The zero-order valence-corrected chi connectivity index (χ0v) is 10.8. The van der Waals surface area contributed by atoms with Crippen molar-refractivity contribution in [3.05, 3.63) is 50.5 Å². The summed E-state index contributed by atoms with van der Waals surface area (Å²) < 4.78 is 0.